The predicted octanol–water partition coefficient (Wildman–Crippen LogP) is -0.486. The molecule has 0 spiro atoms. The summed E-state index contributed by atoms with van der Waals surface area (Å²) in [5.41, 5.74) is 5.57. The van der Waals surface area contributed by atoms with E-state index in [-0.39, 0.29) is 11.9 Å². The zero-order valence-electron chi connectivity index (χ0n) is 10.3. The van der Waals surface area contributed by atoms with Gasteiger partial charge in [0, 0.05) is 39.3 Å². The average molecular weight is 229 g/mol. The highest BCUT2D eigenvalue weighted by atomic mass is 16.5. The third-order valence-corrected chi connectivity index (χ3v) is 2.83. The molecule has 0 aromatic rings. The fourth-order valence-corrected chi connectivity index (χ4v) is 1.82. The smallest absolute Gasteiger partial charge is 0.239 e. The van der Waals surface area contributed by atoms with Crippen LogP contribution in [0.15, 0.2) is 0 Å². The summed E-state index contributed by atoms with van der Waals surface area (Å²) >= 11 is 0. The first-order valence-corrected chi connectivity index (χ1v) is 5.99. The van der Waals surface area contributed by atoms with Crippen molar-refractivity contribution in [3.8, 4) is 0 Å². The van der Waals surface area contributed by atoms with Gasteiger partial charge in [0.25, 0.3) is 0 Å². The van der Waals surface area contributed by atoms with E-state index in [4.69, 9.17) is 10.5 Å². The van der Waals surface area contributed by atoms with Crippen molar-refractivity contribution in [1.29, 1.82) is 0 Å². The third kappa shape index (κ3) is 4.08. The summed E-state index contributed by atoms with van der Waals surface area (Å²) in [6, 6.07) is -0.380. The number of hydrogen-bond acceptors (Lipinski definition) is 4. The lowest BCUT2D eigenvalue weighted by atomic mass is 10.2. The molecule has 1 atom stereocenters. The van der Waals surface area contributed by atoms with Crippen molar-refractivity contribution in [2.75, 3.05) is 45.9 Å². The largest absolute Gasteiger partial charge is 0.380 e. The van der Waals surface area contributed by atoms with Gasteiger partial charge in [0.05, 0.1) is 12.6 Å². The molecular formula is C11H23N3O2. The van der Waals surface area contributed by atoms with Crippen molar-refractivity contribution in [2.24, 2.45) is 5.73 Å². The fourth-order valence-electron chi connectivity index (χ4n) is 1.82. The van der Waals surface area contributed by atoms with Gasteiger partial charge < -0.3 is 15.4 Å². The van der Waals surface area contributed by atoms with Gasteiger partial charge in [-0.25, -0.2) is 0 Å². The summed E-state index contributed by atoms with van der Waals surface area (Å²) in [4.78, 5) is 15.8. The number of hydrogen-bond donors (Lipinski definition) is 1. The van der Waals surface area contributed by atoms with Crippen LogP contribution < -0.4 is 5.73 Å². The maximum atomic E-state index is 11.6. The van der Waals surface area contributed by atoms with E-state index in [0.29, 0.717) is 0 Å². The van der Waals surface area contributed by atoms with E-state index in [2.05, 4.69) is 4.90 Å². The van der Waals surface area contributed by atoms with Crippen LogP contribution in [0.4, 0.5) is 0 Å². The summed E-state index contributed by atoms with van der Waals surface area (Å²) < 4.78 is 5.31. The topological polar surface area (TPSA) is 58.8 Å². The number of nitrogens with zero attached hydrogens (tertiary/aromatic N) is 2. The van der Waals surface area contributed by atoms with Crippen LogP contribution in [-0.2, 0) is 9.53 Å². The van der Waals surface area contributed by atoms with Gasteiger partial charge in [-0.05, 0) is 13.8 Å². The molecular weight excluding hydrogens is 206 g/mol. The molecule has 0 aliphatic carbocycles. The number of piperazine rings is 1. The van der Waals surface area contributed by atoms with Crippen LogP contribution in [0.25, 0.3) is 0 Å². The molecule has 1 rings (SSSR count). The maximum Gasteiger partial charge on any atom is 0.239 e. The molecule has 0 bridgehead atoms. The zero-order chi connectivity index (χ0) is 12.0. The molecule has 1 fully saturated rings. The van der Waals surface area contributed by atoms with Crippen LogP contribution in [0.1, 0.15) is 13.8 Å². The molecule has 0 unspecified atom stereocenters. The minimum absolute atomic E-state index is 0.0597. The standard InChI is InChI=1S/C11H23N3O2/c1-3-16-9-8-13-4-6-14(7-5-13)11(15)10(2)12/h10H,3-9,12H2,1-2H3/t10-/m1/s1. The Hall–Kier alpha value is -0.650. The number of nitrogens with two attached hydrogens (primary N) is 1. The summed E-state index contributed by atoms with van der Waals surface area (Å²) in [5.74, 6) is 0.0597. The number of rotatable bonds is 5. The van der Waals surface area contributed by atoms with E-state index < -0.39 is 0 Å². The number of amides is 1. The van der Waals surface area contributed by atoms with Crippen molar-refractivity contribution in [3.63, 3.8) is 0 Å². The molecule has 1 heterocycles. The molecule has 94 valence electrons. The van der Waals surface area contributed by atoms with E-state index in [9.17, 15) is 4.79 Å². The first kappa shape index (κ1) is 13.4. The van der Waals surface area contributed by atoms with Gasteiger partial charge in [0.15, 0.2) is 0 Å². The average Bonchev–Trinajstić information content (AvgIpc) is 2.29. The summed E-state index contributed by atoms with van der Waals surface area (Å²) in [6.07, 6.45) is 0. The number of carbonyl (C=O) groups is 1. The van der Waals surface area contributed by atoms with Crippen LogP contribution in [-0.4, -0.2) is 67.7 Å². The molecule has 0 saturated carbocycles. The van der Waals surface area contributed by atoms with Crippen molar-refractivity contribution in [3.05, 3.63) is 0 Å². The van der Waals surface area contributed by atoms with E-state index in [1.807, 2.05) is 11.8 Å². The third-order valence-electron chi connectivity index (χ3n) is 2.83. The first-order valence-electron chi connectivity index (χ1n) is 5.99. The van der Waals surface area contributed by atoms with Gasteiger partial charge in [-0.15, -0.1) is 0 Å². The molecule has 2 N–H and O–H groups in total. The summed E-state index contributed by atoms with van der Waals surface area (Å²) in [6.45, 7) is 9.65. The monoisotopic (exact) mass is 229 g/mol. The highest BCUT2D eigenvalue weighted by Gasteiger charge is 2.22. The Morgan fingerprint density at radius 1 is 1.38 bits per heavy atom. The normalized spacial score (nSPS) is 19.8. The second kappa shape index (κ2) is 6.83. The highest BCUT2D eigenvalue weighted by Crippen LogP contribution is 2.03. The number of carbonyl (C=O) groups excluding carboxylic acids is 1. The lowest BCUT2D eigenvalue weighted by molar-refractivity contribution is -0.134. The van der Waals surface area contributed by atoms with Crippen molar-refractivity contribution < 1.29 is 9.53 Å². The molecule has 1 amide bonds. The SMILES string of the molecule is CCOCCN1CCN(C(=O)[C@@H](C)N)CC1. The zero-order valence-corrected chi connectivity index (χ0v) is 10.3. The Labute approximate surface area is 97.5 Å². The second-order valence-corrected chi connectivity index (χ2v) is 4.15. The van der Waals surface area contributed by atoms with E-state index in [1.54, 1.807) is 6.92 Å². The van der Waals surface area contributed by atoms with Gasteiger partial charge in [0.2, 0.25) is 5.91 Å². The Morgan fingerprint density at radius 2 is 2.00 bits per heavy atom. The lowest BCUT2D eigenvalue weighted by Gasteiger charge is -2.35. The Morgan fingerprint density at radius 3 is 2.50 bits per heavy atom. The van der Waals surface area contributed by atoms with Crippen LogP contribution in [0.5, 0.6) is 0 Å². The minimum atomic E-state index is -0.380. The molecule has 0 aromatic heterocycles. The quantitative estimate of drug-likeness (QED) is 0.647. The molecule has 1 aliphatic heterocycles. The molecule has 1 aliphatic rings. The van der Waals surface area contributed by atoms with Gasteiger partial charge >= 0.3 is 0 Å². The molecule has 16 heavy (non-hydrogen) atoms. The molecule has 5 heteroatoms. The van der Waals surface area contributed by atoms with Crippen LogP contribution in [0.3, 0.4) is 0 Å². The highest BCUT2D eigenvalue weighted by molar-refractivity contribution is 5.81. The maximum absolute atomic E-state index is 11.6. The second-order valence-electron chi connectivity index (χ2n) is 4.15. The summed E-state index contributed by atoms with van der Waals surface area (Å²) in [7, 11) is 0. The van der Waals surface area contributed by atoms with E-state index in [1.165, 1.54) is 0 Å². The van der Waals surface area contributed by atoms with Gasteiger partial charge in [-0.1, -0.05) is 0 Å². The molecule has 0 radical (unpaired) electrons. The van der Waals surface area contributed by atoms with Gasteiger partial charge in [-0.3, -0.25) is 9.69 Å². The van der Waals surface area contributed by atoms with Crippen LogP contribution in [0.2, 0.25) is 0 Å². The Kier molecular flexibility index (Phi) is 5.73. The van der Waals surface area contributed by atoms with Crippen molar-refractivity contribution in [1.82, 2.24) is 9.80 Å². The van der Waals surface area contributed by atoms with Crippen molar-refractivity contribution in [2.45, 2.75) is 19.9 Å². The van der Waals surface area contributed by atoms with Crippen molar-refractivity contribution >= 4 is 5.91 Å². The van der Waals surface area contributed by atoms with Gasteiger partial charge in [-0.2, -0.15) is 0 Å². The Balaban J connectivity index is 2.20. The number of ether oxygens (including phenoxy) is 1. The summed E-state index contributed by atoms with van der Waals surface area (Å²) in [5, 5.41) is 0. The fraction of sp³-hybridized carbons (Fsp3) is 0.909. The minimum Gasteiger partial charge on any atom is -0.380 e. The van der Waals surface area contributed by atoms with Crippen LogP contribution in [0, 0.1) is 0 Å². The predicted molar refractivity (Wildman–Crippen MR) is 63.2 cm³/mol. The van der Waals surface area contributed by atoms with Gasteiger partial charge in [0.1, 0.15) is 0 Å². The van der Waals surface area contributed by atoms with E-state index in [0.717, 1.165) is 45.9 Å². The van der Waals surface area contributed by atoms with E-state index >= 15 is 0 Å². The molecule has 1 saturated heterocycles. The Bertz CT molecular complexity index is 213. The first-order chi connectivity index (χ1) is 7.65. The van der Waals surface area contributed by atoms with Crippen LogP contribution >= 0.6 is 0 Å². The molecule has 0 aromatic carbocycles. The lowest BCUT2D eigenvalue weighted by Crippen LogP contribution is -2.52. The molecule has 5 nitrogen and oxygen atoms in total.